The summed E-state index contributed by atoms with van der Waals surface area (Å²) in [6, 6.07) is 3.25. The van der Waals surface area contributed by atoms with Crippen LogP contribution in [0.15, 0.2) is 18.3 Å². The van der Waals surface area contributed by atoms with Gasteiger partial charge in [-0.15, -0.1) is 0 Å². The lowest BCUT2D eigenvalue weighted by Crippen LogP contribution is -2.10. The van der Waals surface area contributed by atoms with Crippen molar-refractivity contribution < 1.29 is 4.79 Å². The van der Waals surface area contributed by atoms with Crippen LogP contribution in [0.25, 0.3) is 0 Å². The summed E-state index contributed by atoms with van der Waals surface area (Å²) in [5.74, 6) is -0.412. The summed E-state index contributed by atoms with van der Waals surface area (Å²) in [4.78, 5) is 14.5. The summed E-state index contributed by atoms with van der Waals surface area (Å²) < 4.78 is 0. The van der Waals surface area contributed by atoms with E-state index in [9.17, 15) is 4.79 Å². The van der Waals surface area contributed by atoms with Crippen molar-refractivity contribution in [3.63, 3.8) is 0 Å². The molecule has 1 aromatic rings. The predicted octanol–water partition coefficient (Wildman–Crippen LogP) is 1.52. The van der Waals surface area contributed by atoms with Crippen molar-refractivity contribution in [3.05, 3.63) is 29.6 Å². The van der Waals surface area contributed by atoms with E-state index < -0.39 is 5.91 Å². The number of pyridine rings is 1. The van der Waals surface area contributed by atoms with Gasteiger partial charge in [-0.1, -0.05) is 13.8 Å². The third-order valence-corrected chi connectivity index (χ3v) is 1.18. The fourth-order valence-electron chi connectivity index (χ4n) is 0.699. The van der Waals surface area contributed by atoms with E-state index in [0.717, 1.165) is 5.69 Å². The van der Waals surface area contributed by atoms with Crippen LogP contribution in [0.2, 0.25) is 0 Å². The Morgan fingerprint density at radius 2 is 2.08 bits per heavy atom. The molecule has 0 aliphatic rings. The molecule has 1 amide bonds. The molecule has 0 atom stereocenters. The second-order valence-electron chi connectivity index (χ2n) is 2.05. The molecule has 0 unspecified atom stereocenters. The minimum Gasteiger partial charge on any atom is -0.366 e. The Balaban J connectivity index is 0.000000561. The van der Waals surface area contributed by atoms with Crippen LogP contribution < -0.4 is 5.73 Å². The topological polar surface area (TPSA) is 56.0 Å². The molecule has 12 heavy (non-hydrogen) atoms. The molecule has 1 aromatic heterocycles. The Morgan fingerprint density at radius 3 is 2.42 bits per heavy atom. The van der Waals surface area contributed by atoms with Gasteiger partial charge in [-0.25, -0.2) is 0 Å². The molecule has 2 N–H and O–H groups in total. The number of aromatic nitrogens is 1. The van der Waals surface area contributed by atoms with Crippen LogP contribution in [0.4, 0.5) is 0 Å². The van der Waals surface area contributed by atoms with Crippen LogP contribution in [0, 0.1) is 6.92 Å². The van der Waals surface area contributed by atoms with E-state index in [1.165, 1.54) is 0 Å². The number of primary amides is 1. The first-order chi connectivity index (χ1) is 5.70. The van der Waals surface area contributed by atoms with Crippen LogP contribution in [-0.4, -0.2) is 10.9 Å². The maximum absolute atomic E-state index is 10.5. The van der Waals surface area contributed by atoms with Gasteiger partial charge in [0.1, 0.15) is 0 Å². The molecular formula is C9H14N2O. The summed E-state index contributed by atoms with van der Waals surface area (Å²) >= 11 is 0. The van der Waals surface area contributed by atoms with E-state index in [4.69, 9.17) is 5.73 Å². The molecule has 0 radical (unpaired) electrons. The fraction of sp³-hybridized carbons (Fsp3) is 0.333. The SMILES string of the molecule is CC.Cc1cc(C(N)=O)ccn1. The van der Waals surface area contributed by atoms with Crippen LogP contribution in [-0.2, 0) is 0 Å². The maximum Gasteiger partial charge on any atom is 0.248 e. The zero-order valence-electron chi connectivity index (χ0n) is 7.66. The molecular weight excluding hydrogens is 152 g/mol. The molecule has 3 heteroatoms. The molecule has 0 aliphatic carbocycles. The van der Waals surface area contributed by atoms with Gasteiger partial charge in [-0.2, -0.15) is 0 Å². The van der Waals surface area contributed by atoms with Gasteiger partial charge in [-0.05, 0) is 19.1 Å². The predicted molar refractivity (Wildman–Crippen MR) is 48.8 cm³/mol. The number of nitrogens with two attached hydrogens (primary N) is 1. The fourth-order valence-corrected chi connectivity index (χ4v) is 0.699. The van der Waals surface area contributed by atoms with Crippen molar-refractivity contribution in [2.45, 2.75) is 20.8 Å². The van der Waals surface area contributed by atoms with Gasteiger partial charge in [-0.3, -0.25) is 9.78 Å². The molecule has 0 saturated heterocycles. The lowest BCUT2D eigenvalue weighted by Gasteiger charge is -1.93. The molecule has 1 heterocycles. The molecule has 0 aromatic carbocycles. The highest BCUT2D eigenvalue weighted by molar-refractivity contribution is 5.92. The lowest BCUT2D eigenvalue weighted by atomic mass is 10.2. The van der Waals surface area contributed by atoms with E-state index in [2.05, 4.69) is 4.98 Å². The van der Waals surface area contributed by atoms with E-state index in [1.54, 1.807) is 18.3 Å². The van der Waals surface area contributed by atoms with Crippen LogP contribution in [0.5, 0.6) is 0 Å². The maximum atomic E-state index is 10.5. The van der Waals surface area contributed by atoms with Gasteiger partial charge >= 0.3 is 0 Å². The van der Waals surface area contributed by atoms with Crippen molar-refractivity contribution >= 4 is 5.91 Å². The van der Waals surface area contributed by atoms with Crippen molar-refractivity contribution in [2.75, 3.05) is 0 Å². The number of rotatable bonds is 1. The summed E-state index contributed by atoms with van der Waals surface area (Å²) in [6.45, 7) is 5.81. The van der Waals surface area contributed by atoms with Crippen LogP contribution in [0.3, 0.4) is 0 Å². The Bertz CT molecular complexity index is 258. The second-order valence-corrected chi connectivity index (χ2v) is 2.05. The van der Waals surface area contributed by atoms with E-state index in [-0.39, 0.29) is 0 Å². The van der Waals surface area contributed by atoms with Gasteiger partial charge in [0.2, 0.25) is 5.91 Å². The molecule has 0 saturated carbocycles. The van der Waals surface area contributed by atoms with Crippen molar-refractivity contribution in [3.8, 4) is 0 Å². The smallest absolute Gasteiger partial charge is 0.248 e. The highest BCUT2D eigenvalue weighted by atomic mass is 16.1. The third-order valence-electron chi connectivity index (χ3n) is 1.18. The minimum atomic E-state index is -0.412. The summed E-state index contributed by atoms with van der Waals surface area (Å²) in [7, 11) is 0. The molecule has 66 valence electrons. The first-order valence-electron chi connectivity index (χ1n) is 3.92. The van der Waals surface area contributed by atoms with Crippen molar-refractivity contribution in [1.82, 2.24) is 4.98 Å². The zero-order valence-corrected chi connectivity index (χ0v) is 7.66. The zero-order chi connectivity index (χ0) is 9.56. The van der Waals surface area contributed by atoms with Crippen molar-refractivity contribution in [1.29, 1.82) is 0 Å². The van der Waals surface area contributed by atoms with E-state index in [1.807, 2.05) is 20.8 Å². The lowest BCUT2D eigenvalue weighted by molar-refractivity contribution is 0.1000. The van der Waals surface area contributed by atoms with Crippen LogP contribution >= 0.6 is 0 Å². The summed E-state index contributed by atoms with van der Waals surface area (Å²) in [6.07, 6.45) is 1.56. The Hall–Kier alpha value is -1.38. The minimum absolute atomic E-state index is 0.412. The standard InChI is InChI=1S/C7H8N2O.C2H6/c1-5-4-6(7(8)10)2-3-9-5;1-2/h2-4H,1H3,(H2,8,10);1-2H3. The number of carbonyl (C=O) groups excluding carboxylic acids is 1. The van der Waals surface area contributed by atoms with Gasteiger partial charge in [0, 0.05) is 17.5 Å². The van der Waals surface area contributed by atoms with Gasteiger partial charge in [0.25, 0.3) is 0 Å². The molecule has 0 spiro atoms. The molecule has 0 fully saturated rings. The average Bonchev–Trinajstić information content (AvgIpc) is 2.08. The normalized spacial score (nSPS) is 8.25. The number of carbonyl (C=O) groups is 1. The molecule has 0 aliphatic heterocycles. The summed E-state index contributed by atoms with van der Waals surface area (Å²) in [5.41, 5.74) is 6.32. The molecule has 3 nitrogen and oxygen atoms in total. The second kappa shape index (κ2) is 5.29. The average molecular weight is 166 g/mol. The Morgan fingerprint density at radius 1 is 1.50 bits per heavy atom. The number of hydrogen-bond acceptors (Lipinski definition) is 2. The van der Waals surface area contributed by atoms with Gasteiger partial charge < -0.3 is 5.73 Å². The number of hydrogen-bond donors (Lipinski definition) is 1. The molecule has 0 bridgehead atoms. The Labute approximate surface area is 72.6 Å². The van der Waals surface area contributed by atoms with Crippen molar-refractivity contribution in [2.24, 2.45) is 5.73 Å². The number of nitrogens with zero attached hydrogens (tertiary/aromatic N) is 1. The van der Waals surface area contributed by atoms with Gasteiger partial charge in [0.05, 0.1) is 0 Å². The summed E-state index contributed by atoms with van der Waals surface area (Å²) in [5, 5.41) is 0. The number of aryl methyl sites for hydroxylation is 1. The molecule has 1 rings (SSSR count). The quantitative estimate of drug-likeness (QED) is 0.687. The monoisotopic (exact) mass is 166 g/mol. The highest BCUT2D eigenvalue weighted by Gasteiger charge is 1.97. The van der Waals surface area contributed by atoms with E-state index in [0.29, 0.717) is 5.56 Å². The Kier molecular flexibility index (Phi) is 4.69. The van der Waals surface area contributed by atoms with Crippen LogP contribution in [0.1, 0.15) is 29.9 Å². The largest absolute Gasteiger partial charge is 0.366 e. The first-order valence-corrected chi connectivity index (χ1v) is 3.92. The van der Waals surface area contributed by atoms with Gasteiger partial charge in [0.15, 0.2) is 0 Å². The van der Waals surface area contributed by atoms with E-state index >= 15 is 0 Å². The number of amides is 1. The first kappa shape index (κ1) is 10.6. The highest BCUT2D eigenvalue weighted by Crippen LogP contribution is 1.97. The third kappa shape index (κ3) is 3.14.